The van der Waals surface area contributed by atoms with Crippen LogP contribution in [-0.4, -0.2) is 58.8 Å². The van der Waals surface area contributed by atoms with E-state index >= 15 is 0 Å². The van der Waals surface area contributed by atoms with Gasteiger partial charge in [-0.15, -0.1) is 0 Å². The molecule has 8 nitrogen and oxygen atoms in total. The monoisotopic (exact) mass is 491 g/mol. The Kier molecular flexibility index (Phi) is 6.80. The summed E-state index contributed by atoms with van der Waals surface area (Å²) in [5.41, 5.74) is 15.2. The minimum Gasteiger partial charge on any atom is -0.383 e. The SMILES string of the molecule is C=CC(=Nc1ccc(C(C=N)CN)cc1)N=C(N)c1ccc2cc(C(=O)N3CC(F)(F)C3)n(C)c2c1. The van der Waals surface area contributed by atoms with Gasteiger partial charge in [-0.25, -0.2) is 18.8 Å². The molecular formula is C26H27F2N7O. The minimum atomic E-state index is -2.82. The Hall–Kier alpha value is -4.18. The third-order valence-electron chi connectivity index (χ3n) is 6.13. The average molecular weight is 492 g/mol. The van der Waals surface area contributed by atoms with Crippen LogP contribution in [0.25, 0.3) is 10.9 Å². The van der Waals surface area contributed by atoms with Crippen molar-refractivity contribution < 1.29 is 13.6 Å². The molecule has 0 aliphatic carbocycles. The summed E-state index contributed by atoms with van der Waals surface area (Å²) in [6.07, 6.45) is 2.80. The topological polar surface area (TPSA) is 126 Å². The van der Waals surface area contributed by atoms with E-state index in [1.165, 1.54) is 12.3 Å². The van der Waals surface area contributed by atoms with Crippen molar-refractivity contribution in [3.63, 3.8) is 0 Å². The number of aryl methyl sites for hydroxylation is 1. The highest BCUT2D eigenvalue weighted by atomic mass is 19.3. The van der Waals surface area contributed by atoms with Gasteiger partial charge in [-0.3, -0.25) is 4.79 Å². The maximum atomic E-state index is 13.2. The largest absolute Gasteiger partial charge is 0.383 e. The molecule has 0 bridgehead atoms. The number of aliphatic imine (C=N–C) groups is 2. The van der Waals surface area contributed by atoms with Crippen LogP contribution in [0.4, 0.5) is 14.5 Å². The van der Waals surface area contributed by atoms with E-state index in [4.69, 9.17) is 16.9 Å². The quantitative estimate of drug-likeness (QED) is 0.345. The highest BCUT2D eigenvalue weighted by Crippen LogP contribution is 2.29. The van der Waals surface area contributed by atoms with Gasteiger partial charge in [-0.2, -0.15) is 0 Å². The van der Waals surface area contributed by atoms with Crippen molar-refractivity contribution >= 4 is 40.4 Å². The molecule has 0 spiro atoms. The lowest BCUT2D eigenvalue weighted by atomic mass is 10.0. The molecule has 1 aliphatic heterocycles. The standard InChI is InChI=1S/C26H27F2N7O/c1-3-23(32-20-8-6-16(7-9-20)19(12-29)13-30)33-24(31)18-5-4-17-10-22(34(2)21(17)11-18)25(36)35-14-26(27,28)15-35/h3-12,19,29H,1,13-15,30H2,2H3,(H2,31,32,33). The van der Waals surface area contributed by atoms with Gasteiger partial charge >= 0.3 is 0 Å². The molecule has 0 radical (unpaired) electrons. The summed E-state index contributed by atoms with van der Waals surface area (Å²) >= 11 is 0. The zero-order valence-corrected chi connectivity index (χ0v) is 19.8. The molecule has 1 fully saturated rings. The smallest absolute Gasteiger partial charge is 0.282 e. The van der Waals surface area contributed by atoms with E-state index in [1.807, 2.05) is 12.1 Å². The van der Waals surface area contributed by atoms with Crippen molar-refractivity contribution in [1.29, 1.82) is 5.41 Å². The number of halogens is 2. The first-order chi connectivity index (χ1) is 17.2. The zero-order valence-electron chi connectivity index (χ0n) is 19.8. The van der Waals surface area contributed by atoms with Gasteiger partial charge in [0.25, 0.3) is 11.8 Å². The van der Waals surface area contributed by atoms with Crippen LogP contribution in [0.3, 0.4) is 0 Å². The molecule has 1 aliphatic rings. The summed E-state index contributed by atoms with van der Waals surface area (Å²) in [7, 11) is 1.71. The number of benzene rings is 2. The fourth-order valence-corrected chi connectivity index (χ4v) is 4.05. The summed E-state index contributed by atoms with van der Waals surface area (Å²) in [4.78, 5) is 22.7. The number of hydrogen-bond donors (Lipinski definition) is 3. The van der Waals surface area contributed by atoms with E-state index in [-0.39, 0.29) is 11.8 Å². The second kappa shape index (κ2) is 9.82. The van der Waals surface area contributed by atoms with E-state index in [1.54, 1.807) is 48.0 Å². The number of carbonyl (C=O) groups is 1. The van der Waals surface area contributed by atoms with Crippen LogP contribution in [0.2, 0.25) is 0 Å². The molecule has 1 unspecified atom stereocenters. The number of likely N-dealkylation sites (tertiary alicyclic amines) is 1. The minimum absolute atomic E-state index is 0.148. The summed E-state index contributed by atoms with van der Waals surface area (Å²) in [5, 5.41) is 8.24. The number of alkyl halides is 2. The van der Waals surface area contributed by atoms with Crippen LogP contribution in [0.5, 0.6) is 0 Å². The van der Waals surface area contributed by atoms with Gasteiger partial charge in [0.05, 0.1) is 18.8 Å². The fraction of sp³-hybridized carbons (Fsp3) is 0.231. The molecule has 36 heavy (non-hydrogen) atoms. The summed E-state index contributed by atoms with van der Waals surface area (Å²) in [5.74, 6) is -2.89. The first-order valence-corrected chi connectivity index (χ1v) is 11.3. The van der Waals surface area contributed by atoms with Crippen molar-refractivity contribution in [3.05, 3.63) is 78.0 Å². The number of amidine groups is 2. The second-order valence-electron chi connectivity index (χ2n) is 8.65. The van der Waals surface area contributed by atoms with Gasteiger partial charge in [-0.1, -0.05) is 30.8 Å². The Morgan fingerprint density at radius 2 is 1.92 bits per heavy atom. The molecule has 4 rings (SSSR count). The first-order valence-electron chi connectivity index (χ1n) is 11.3. The number of aromatic nitrogens is 1. The molecule has 186 valence electrons. The number of hydrogen-bond acceptors (Lipinski definition) is 4. The molecule has 2 aromatic carbocycles. The number of nitrogens with one attached hydrogen (secondary N) is 1. The van der Waals surface area contributed by atoms with Gasteiger partial charge in [0.15, 0.2) is 5.84 Å². The lowest BCUT2D eigenvalue weighted by Crippen LogP contribution is -2.58. The Bertz CT molecular complexity index is 1380. The van der Waals surface area contributed by atoms with Crippen molar-refractivity contribution in [2.75, 3.05) is 19.6 Å². The van der Waals surface area contributed by atoms with Gasteiger partial charge in [-0.05, 0) is 35.9 Å². The Morgan fingerprint density at radius 3 is 2.50 bits per heavy atom. The predicted molar refractivity (Wildman–Crippen MR) is 139 cm³/mol. The number of amides is 1. The van der Waals surface area contributed by atoms with E-state index in [2.05, 4.69) is 16.6 Å². The Labute approximate surface area is 207 Å². The van der Waals surface area contributed by atoms with Crippen LogP contribution >= 0.6 is 0 Å². The molecule has 1 atom stereocenters. The van der Waals surface area contributed by atoms with Crippen LogP contribution in [0, 0.1) is 5.41 Å². The van der Waals surface area contributed by atoms with E-state index in [0.29, 0.717) is 29.3 Å². The molecule has 3 aromatic rings. The Balaban J connectivity index is 1.58. The molecule has 10 heteroatoms. The summed E-state index contributed by atoms with van der Waals surface area (Å²) in [6, 6.07) is 14.4. The number of nitrogens with zero attached hydrogens (tertiary/aromatic N) is 4. The second-order valence-corrected chi connectivity index (χ2v) is 8.65. The van der Waals surface area contributed by atoms with Crippen molar-refractivity contribution in [3.8, 4) is 0 Å². The van der Waals surface area contributed by atoms with Crippen LogP contribution in [0.1, 0.15) is 27.5 Å². The number of fused-ring (bicyclic) bond motifs is 1. The Morgan fingerprint density at radius 1 is 1.22 bits per heavy atom. The maximum absolute atomic E-state index is 13.2. The van der Waals surface area contributed by atoms with Gasteiger partial charge in [0.1, 0.15) is 11.5 Å². The average Bonchev–Trinajstić information content (AvgIpc) is 3.19. The zero-order chi connectivity index (χ0) is 26.0. The molecule has 5 N–H and O–H groups in total. The highest BCUT2D eigenvalue weighted by molar-refractivity contribution is 6.10. The van der Waals surface area contributed by atoms with Crippen molar-refractivity contribution in [1.82, 2.24) is 9.47 Å². The lowest BCUT2D eigenvalue weighted by Gasteiger charge is -2.38. The number of nitrogens with two attached hydrogens (primary N) is 2. The highest BCUT2D eigenvalue weighted by Gasteiger charge is 2.46. The van der Waals surface area contributed by atoms with E-state index in [0.717, 1.165) is 21.4 Å². The predicted octanol–water partition coefficient (Wildman–Crippen LogP) is 3.58. The molecule has 2 heterocycles. The first kappa shape index (κ1) is 24.9. The van der Waals surface area contributed by atoms with Gasteiger partial charge in [0, 0.05) is 42.2 Å². The third kappa shape index (κ3) is 4.94. The van der Waals surface area contributed by atoms with Gasteiger partial charge < -0.3 is 26.3 Å². The summed E-state index contributed by atoms with van der Waals surface area (Å²) in [6.45, 7) is 2.97. The van der Waals surface area contributed by atoms with E-state index < -0.39 is 24.9 Å². The fourth-order valence-electron chi connectivity index (χ4n) is 4.05. The molecule has 0 saturated carbocycles. The van der Waals surface area contributed by atoms with Crippen LogP contribution in [0.15, 0.2) is 71.2 Å². The van der Waals surface area contributed by atoms with Crippen molar-refractivity contribution in [2.45, 2.75) is 11.8 Å². The maximum Gasteiger partial charge on any atom is 0.282 e. The summed E-state index contributed by atoms with van der Waals surface area (Å²) < 4.78 is 28.1. The van der Waals surface area contributed by atoms with Crippen LogP contribution < -0.4 is 11.5 Å². The van der Waals surface area contributed by atoms with Crippen molar-refractivity contribution in [2.24, 2.45) is 28.5 Å². The normalized spacial score (nSPS) is 16.5. The lowest BCUT2D eigenvalue weighted by molar-refractivity contribution is -0.113. The number of rotatable bonds is 7. The molecule has 1 aromatic heterocycles. The van der Waals surface area contributed by atoms with Gasteiger partial charge in [0.2, 0.25) is 0 Å². The van der Waals surface area contributed by atoms with E-state index in [9.17, 15) is 13.6 Å². The molecule has 1 amide bonds. The number of carbonyl (C=O) groups excluding carboxylic acids is 1. The molecular weight excluding hydrogens is 464 g/mol. The third-order valence-corrected chi connectivity index (χ3v) is 6.13. The van der Waals surface area contributed by atoms with Crippen LogP contribution in [-0.2, 0) is 7.05 Å². The molecule has 1 saturated heterocycles.